The molecule has 1 aromatic carbocycles. The van der Waals surface area contributed by atoms with Gasteiger partial charge in [0.1, 0.15) is 11.8 Å². The molecule has 2 rings (SSSR count). The van der Waals surface area contributed by atoms with Crippen molar-refractivity contribution in [2.24, 2.45) is 0 Å². The maximum absolute atomic E-state index is 13.1. The third-order valence-electron chi connectivity index (χ3n) is 5.34. The fraction of sp³-hybridized carbons (Fsp3) is 0.609. The molecule has 1 aliphatic rings. The number of phenolic OH excluding ortho intramolecular Hbond substituents is 1. The number of benzene rings is 1. The lowest BCUT2D eigenvalue weighted by atomic mass is 9.78. The van der Waals surface area contributed by atoms with Crippen molar-refractivity contribution < 1.29 is 13.5 Å². The number of aromatic hydroxyl groups is 1. The highest BCUT2D eigenvalue weighted by Crippen LogP contribution is 2.40. The number of nitrogens with zero attached hydrogens (tertiary/aromatic N) is 2. The van der Waals surface area contributed by atoms with Crippen LogP contribution in [0.15, 0.2) is 17.0 Å². The molecule has 0 atom stereocenters. The molecule has 29 heavy (non-hydrogen) atoms. The minimum atomic E-state index is -3.83. The summed E-state index contributed by atoms with van der Waals surface area (Å²) >= 11 is 0. The molecule has 0 radical (unpaired) electrons. The van der Waals surface area contributed by atoms with Gasteiger partial charge in [-0.15, -0.1) is 0 Å². The average Bonchev–Trinajstić information content (AvgIpc) is 2.88. The molecule has 0 aromatic heterocycles. The van der Waals surface area contributed by atoms with Crippen LogP contribution in [0.25, 0.3) is 6.08 Å². The van der Waals surface area contributed by atoms with Crippen molar-refractivity contribution in [2.45, 2.75) is 78.1 Å². The van der Waals surface area contributed by atoms with Gasteiger partial charge < -0.3 is 5.11 Å². The van der Waals surface area contributed by atoms with Crippen molar-refractivity contribution in [2.75, 3.05) is 13.1 Å². The zero-order valence-electron chi connectivity index (χ0n) is 18.5. The topological polar surface area (TPSA) is 81.4 Å². The van der Waals surface area contributed by atoms with Crippen LogP contribution in [0.2, 0.25) is 0 Å². The highest BCUT2D eigenvalue weighted by molar-refractivity contribution is 7.93. The van der Waals surface area contributed by atoms with Gasteiger partial charge in [0.15, 0.2) is 4.91 Å². The van der Waals surface area contributed by atoms with Gasteiger partial charge >= 0.3 is 0 Å². The minimum Gasteiger partial charge on any atom is -0.507 e. The Kier molecular flexibility index (Phi) is 6.86. The second-order valence-electron chi connectivity index (χ2n) is 9.90. The van der Waals surface area contributed by atoms with Crippen LogP contribution in [-0.4, -0.2) is 30.9 Å². The van der Waals surface area contributed by atoms with Crippen LogP contribution in [0.5, 0.6) is 5.75 Å². The quantitative estimate of drug-likeness (QED) is 0.696. The molecule has 1 aromatic rings. The third kappa shape index (κ3) is 5.40. The number of sulfonamides is 1. The fourth-order valence-electron chi connectivity index (χ4n) is 3.62. The van der Waals surface area contributed by atoms with Crippen molar-refractivity contribution in [1.82, 2.24) is 4.31 Å². The number of nitriles is 1. The van der Waals surface area contributed by atoms with E-state index in [2.05, 4.69) is 0 Å². The van der Waals surface area contributed by atoms with Gasteiger partial charge in [-0.05, 0) is 47.4 Å². The minimum absolute atomic E-state index is 0.232. The van der Waals surface area contributed by atoms with E-state index < -0.39 is 10.0 Å². The Morgan fingerprint density at radius 2 is 1.45 bits per heavy atom. The van der Waals surface area contributed by atoms with Crippen LogP contribution in [0.3, 0.4) is 0 Å². The first kappa shape index (κ1) is 23.4. The van der Waals surface area contributed by atoms with Gasteiger partial charge in [0.2, 0.25) is 0 Å². The monoisotopic (exact) mass is 418 g/mol. The van der Waals surface area contributed by atoms with Crippen molar-refractivity contribution in [3.05, 3.63) is 33.7 Å². The molecule has 1 heterocycles. The Balaban J connectivity index is 2.62. The first-order valence-corrected chi connectivity index (χ1v) is 11.7. The fourth-order valence-corrected chi connectivity index (χ4v) is 5.04. The summed E-state index contributed by atoms with van der Waals surface area (Å²) in [6.45, 7) is 12.9. The molecule has 160 valence electrons. The Morgan fingerprint density at radius 3 is 1.83 bits per heavy atom. The predicted octanol–water partition coefficient (Wildman–Crippen LogP) is 5.06. The average molecular weight is 419 g/mol. The summed E-state index contributed by atoms with van der Waals surface area (Å²) < 4.78 is 27.6. The number of hydrogen-bond acceptors (Lipinski definition) is 4. The van der Waals surface area contributed by atoms with Crippen molar-refractivity contribution >= 4 is 16.1 Å². The number of hydrogen-bond donors (Lipinski definition) is 1. The largest absolute Gasteiger partial charge is 0.507 e. The molecule has 1 aliphatic heterocycles. The molecule has 0 amide bonds. The molecule has 0 unspecified atom stereocenters. The van der Waals surface area contributed by atoms with Crippen LogP contribution in [-0.2, 0) is 20.9 Å². The second kappa shape index (κ2) is 8.49. The molecular formula is C23H34N2O3S. The van der Waals surface area contributed by atoms with Crippen LogP contribution >= 0.6 is 0 Å². The van der Waals surface area contributed by atoms with E-state index in [1.165, 1.54) is 10.4 Å². The summed E-state index contributed by atoms with van der Waals surface area (Å²) in [6.07, 6.45) is 5.11. The molecule has 0 aliphatic carbocycles. The summed E-state index contributed by atoms with van der Waals surface area (Å²) in [5.74, 6) is 0.232. The Labute approximate surface area is 176 Å². The van der Waals surface area contributed by atoms with Crippen molar-refractivity contribution in [1.29, 1.82) is 5.26 Å². The van der Waals surface area contributed by atoms with Gasteiger partial charge in [0.25, 0.3) is 10.0 Å². The number of phenols is 1. The summed E-state index contributed by atoms with van der Waals surface area (Å²) in [4.78, 5) is -0.246. The highest BCUT2D eigenvalue weighted by Gasteiger charge is 2.29. The van der Waals surface area contributed by atoms with E-state index in [1.807, 2.05) is 47.6 Å². The van der Waals surface area contributed by atoms with Gasteiger partial charge in [-0.3, -0.25) is 0 Å². The second-order valence-corrected chi connectivity index (χ2v) is 11.8. The van der Waals surface area contributed by atoms with Crippen molar-refractivity contribution in [3.63, 3.8) is 0 Å². The number of allylic oxidation sites excluding steroid dienone is 1. The standard InChI is InChI=1S/C23H34N2O3S/c1-22(2,3)19-14-17(15-20(21(19)26)23(4,5)6)13-18(16-24)29(27,28)25-11-9-7-8-10-12-25/h13-15,26H,7-12H2,1-6H3. The van der Waals surface area contributed by atoms with Crippen LogP contribution in [0.1, 0.15) is 83.9 Å². The van der Waals surface area contributed by atoms with E-state index in [0.29, 0.717) is 18.7 Å². The van der Waals surface area contributed by atoms with E-state index in [0.717, 1.165) is 36.8 Å². The van der Waals surface area contributed by atoms with Crippen LogP contribution < -0.4 is 0 Å². The van der Waals surface area contributed by atoms with Gasteiger partial charge in [-0.2, -0.15) is 9.57 Å². The van der Waals surface area contributed by atoms with Gasteiger partial charge in [-0.25, -0.2) is 8.42 Å². The Morgan fingerprint density at radius 1 is 1.00 bits per heavy atom. The third-order valence-corrected chi connectivity index (χ3v) is 7.15. The predicted molar refractivity (Wildman–Crippen MR) is 118 cm³/mol. The molecule has 1 fully saturated rings. The molecule has 5 nitrogen and oxygen atoms in total. The Bertz CT molecular complexity index is 883. The zero-order valence-corrected chi connectivity index (χ0v) is 19.4. The maximum atomic E-state index is 13.1. The van der Waals surface area contributed by atoms with Gasteiger partial charge in [0, 0.05) is 24.2 Å². The first-order valence-electron chi connectivity index (χ1n) is 10.3. The molecular weight excluding hydrogens is 384 g/mol. The molecule has 0 saturated carbocycles. The van der Waals surface area contributed by atoms with E-state index in [4.69, 9.17) is 0 Å². The van der Waals surface area contributed by atoms with E-state index >= 15 is 0 Å². The molecule has 0 spiro atoms. The molecule has 1 N–H and O–H groups in total. The lowest BCUT2D eigenvalue weighted by Gasteiger charge is -2.28. The maximum Gasteiger partial charge on any atom is 0.253 e. The van der Waals surface area contributed by atoms with Gasteiger partial charge in [0.05, 0.1) is 0 Å². The molecule has 1 saturated heterocycles. The summed E-state index contributed by atoms with van der Waals surface area (Å²) in [6, 6.07) is 5.49. The zero-order chi connectivity index (χ0) is 22.0. The summed E-state index contributed by atoms with van der Waals surface area (Å²) in [5.41, 5.74) is 1.43. The SMILES string of the molecule is CC(C)(C)c1cc(C=C(C#N)S(=O)(=O)N2CCCCCC2)cc(C(C)(C)C)c1O. The van der Waals surface area contributed by atoms with E-state index in [1.54, 1.807) is 12.1 Å². The van der Waals surface area contributed by atoms with Crippen LogP contribution in [0.4, 0.5) is 0 Å². The molecule has 6 heteroatoms. The summed E-state index contributed by atoms with van der Waals surface area (Å²) in [7, 11) is -3.83. The highest BCUT2D eigenvalue weighted by atomic mass is 32.2. The number of rotatable bonds is 3. The lowest BCUT2D eigenvalue weighted by Crippen LogP contribution is -2.32. The first-order chi connectivity index (χ1) is 13.3. The normalized spacial score (nSPS) is 17.6. The van der Waals surface area contributed by atoms with E-state index in [-0.39, 0.29) is 21.5 Å². The van der Waals surface area contributed by atoms with Crippen molar-refractivity contribution in [3.8, 4) is 11.8 Å². The lowest BCUT2D eigenvalue weighted by molar-refractivity contribution is 0.423. The molecule has 0 bridgehead atoms. The van der Waals surface area contributed by atoms with Gasteiger partial charge in [-0.1, -0.05) is 54.4 Å². The summed E-state index contributed by atoms with van der Waals surface area (Å²) in [5, 5.41) is 20.5. The van der Waals surface area contributed by atoms with E-state index in [9.17, 15) is 18.8 Å². The Hall–Kier alpha value is -1.84. The smallest absolute Gasteiger partial charge is 0.253 e. The van der Waals surface area contributed by atoms with Crippen LogP contribution in [0, 0.1) is 11.3 Å².